The number of anilines is 1. The van der Waals surface area contributed by atoms with Crippen LogP contribution in [0.15, 0.2) is 48.8 Å². The molecule has 5 heteroatoms. The van der Waals surface area contributed by atoms with Crippen molar-refractivity contribution in [3.05, 3.63) is 54.6 Å². The Kier molecular flexibility index (Phi) is 2.72. The molecule has 0 saturated heterocycles. The van der Waals surface area contributed by atoms with Crippen LogP contribution in [-0.2, 0) is 4.79 Å². The van der Waals surface area contributed by atoms with Gasteiger partial charge in [0, 0.05) is 17.4 Å². The van der Waals surface area contributed by atoms with E-state index >= 15 is 0 Å². The number of nitrogens with zero attached hydrogens (tertiary/aromatic N) is 2. The standard InChI is InChI=1S/C14H10FN3O/c15-10-1-6-14-13(7-10)16-8-18(14)12-4-2-11(3-5-12)17-9-19/h1-9H,(H,17,19). The van der Waals surface area contributed by atoms with Crippen molar-refractivity contribution in [3.63, 3.8) is 0 Å². The lowest BCUT2D eigenvalue weighted by Crippen LogP contribution is -1.95. The summed E-state index contributed by atoms with van der Waals surface area (Å²) in [6.07, 6.45) is 2.27. The molecule has 0 spiro atoms. The van der Waals surface area contributed by atoms with E-state index in [1.165, 1.54) is 12.1 Å². The maximum atomic E-state index is 13.1. The first-order valence-electron chi connectivity index (χ1n) is 5.71. The molecule has 0 unspecified atom stereocenters. The van der Waals surface area contributed by atoms with Crippen LogP contribution in [0.1, 0.15) is 0 Å². The zero-order chi connectivity index (χ0) is 13.2. The molecule has 3 aromatic rings. The van der Waals surface area contributed by atoms with E-state index < -0.39 is 0 Å². The van der Waals surface area contributed by atoms with E-state index in [-0.39, 0.29) is 5.82 Å². The summed E-state index contributed by atoms with van der Waals surface area (Å²) in [6, 6.07) is 11.8. The van der Waals surface area contributed by atoms with Gasteiger partial charge >= 0.3 is 0 Å². The fraction of sp³-hybridized carbons (Fsp3) is 0. The zero-order valence-corrected chi connectivity index (χ0v) is 9.88. The predicted molar refractivity (Wildman–Crippen MR) is 70.7 cm³/mol. The number of fused-ring (bicyclic) bond motifs is 1. The molecule has 1 heterocycles. The van der Waals surface area contributed by atoms with Gasteiger partial charge in [0.05, 0.1) is 11.0 Å². The summed E-state index contributed by atoms with van der Waals surface area (Å²) in [7, 11) is 0. The van der Waals surface area contributed by atoms with E-state index in [4.69, 9.17) is 0 Å². The summed E-state index contributed by atoms with van der Waals surface area (Å²) in [5, 5.41) is 2.57. The topological polar surface area (TPSA) is 46.9 Å². The quantitative estimate of drug-likeness (QED) is 0.731. The van der Waals surface area contributed by atoms with Gasteiger partial charge in [-0.2, -0.15) is 0 Å². The Morgan fingerprint density at radius 2 is 1.95 bits per heavy atom. The van der Waals surface area contributed by atoms with Crippen molar-refractivity contribution < 1.29 is 9.18 Å². The molecule has 0 aliphatic rings. The smallest absolute Gasteiger partial charge is 0.211 e. The van der Waals surface area contributed by atoms with Gasteiger partial charge < -0.3 is 5.32 Å². The molecule has 1 amide bonds. The van der Waals surface area contributed by atoms with E-state index in [0.29, 0.717) is 17.6 Å². The fourth-order valence-corrected chi connectivity index (χ4v) is 1.98. The van der Waals surface area contributed by atoms with E-state index in [2.05, 4.69) is 10.3 Å². The maximum Gasteiger partial charge on any atom is 0.211 e. The zero-order valence-electron chi connectivity index (χ0n) is 9.88. The van der Waals surface area contributed by atoms with Gasteiger partial charge in [-0.1, -0.05) is 0 Å². The van der Waals surface area contributed by atoms with Gasteiger partial charge in [0.2, 0.25) is 6.41 Å². The number of aromatic nitrogens is 2. The van der Waals surface area contributed by atoms with Crippen molar-refractivity contribution in [2.45, 2.75) is 0 Å². The number of hydrogen-bond acceptors (Lipinski definition) is 2. The number of hydrogen-bond donors (Lipinski definition) is 1. The van der Waals surface area contributed by atoms with Crippen LogP contribution in [0.25, 0.3) is 16.7 Å². The monoisotopic (exact) mass is 255 g/mol. The average molecular weight is 255 g/mol. The minimum atomic E-state index is -0.303. The second-order valence-corrected chi connectivity index (χ2v) is 4.06. The van der Waals surface area contributed by atoms with Crippen molar-refractivity contribution in [2.75, 3.05) is 5.32 Å². The molecule has 0 aliphatic carbocycles. The molecule has 0 fully saturated rings. The van der Waals surface area contributed by atoms with Crippen molar-refractivity contribution >= 4 is 23.1 Å². The summed E-state index contributed by atoms with van der Waals surface area (Å²) in [5.41, 5.74) is 3.05. The highest BCUT2D eigenvalue weighted by Gasteiger charge is 2.05. The van der Waals surface area contributed by atoms with Gasteiger partial charge in [-0.05, 0) is 36.4 Å². The SMILES string of the molecule is O=CNc1ccc(-n2cnc3cc(F)ccc32)cc1. The first kappa shape index (κ1) is 11.4. The number of carbonyl (C=O) groups excluding carboxylic acids is 1. The number of benzene rings is 2. The number of imidazole rings is 1. The Hall–Kier alpha value is -2.69. The summed E-state index contributed by atoms with van der Waals surface area (Å²) in [5.74, 6) is -0.303. The normalized spacial score (nSPS) is 10.6. The highest BCUT2D eigenvalue weighted by molar-refractivity contribution is 5.78. The maximum absolute atomic E-state index is 13.1. The molecule has 0 atom stereocenters. The van der Waals surface area contributed by atoms with Crippen LogP contribution >= 0.6 is 0 Å². The average Bonchev–Trinajstić information content (AvgIpc) is 2.83. The summed E-state index contributed by atoms with van der Waals surface area (Å²) < 4.78 is 15.0. The van der Waals surface area contributed by atoms with Crippen molar-refractivity contribution in [1.29, 1.82) is 0 Å². The molecular weight excluding hydrogens is 245 g/mol. The van der Waals surface area contributed by atoms with Gasteiger partial charge in [0.1, 0.15) is 12.1 Å². The molecule has 2 aromatic carbocycles. The van der Waals surface area contributed by atoms with Crippen LogP contribution in [0.5, 0.6) is 0 Å². The van der Waals surface area contributed by atoms with E-state index in [1.807, 2.05) is 16.7 Å². The summed E-state index contributed by atoms with van der Waals surface area (Å²) in [6.45, 7) is 0. The minimum Gasteiger partial charge on any atom is -0.329 e. The molecular formula is C14H10FN3O. The van der Waals surface area contributed by atoms with Crippen LogP contribution in [0.4, 0.5) is 10.1 Å². The number of amides is 1. The molecule has 0 radical (unpaired) electrons. The third-order valence-electron chi connectivity index (χ3n) is 2.88. The molecule has 4 nitrogen and oxygen atoms in total. The molecule has 0 saturated carbocycles. The highest BCUT2D eigenvalue weighted by atomic mass is 19.1. The van der Waals surface area contributed by atoms with E-state index in [1.54, 1.807) is 24.5 Å². The van der Waals surface area contributed by atoms with Gasteiger partial charge in [0.15, 0.2) is 0 Å². The Balaban J connectivity index is 2.06. The van der Waals surface area contributed by atoms with E-state index in [9.17, 15) is 9.18 Å². The molecule has 1 aromatic heterocycles. The molecule has 19 heavy (non-hydrogen) atoms. The fourth-order valence-electron chi connectivity index (χ4n) is 1.98. The van der Waals surface area contributed by atoms with Crippen molar-refractivity contribution in [3.8, 4) is 5.69 Å². The molecule has 3 rings (SSSR count). The number of halogens is 1. The number of rotatable bonds is 3. The van der Waals surface area contributed by atoms with Crippen LogP contribution < -0.4 is 5.32 Å². The first-order chi connectivity index (χ1) is 9.28. The van der Waals surface area contributed by atoms with Crippen LogP contribution in [-0.4, -0.2) is 16.0 Å². The Labute approximate surface area is 108 Å². The van der Waals surface area contributed by atoms with Crippen molar-refractivity contribution in [2.24, 2.45) is 0 Å². The van der Waals surface area contributed by atoms with Gasteiger partial charge in [-0.25, -0.2) is 9.37 Å². The molecule has 94 valence electrons. The third-order valence-corrected chi connectivity index (χ3v) is 2.88. The van der Waals surface area contributed by atoms with Crippen molar-refractivity contribution in [1.82, 2.24) is 9.55 Å². The van der Waals surface area contributed by atoms with Crippen LogP contribution in [0.3, 0.4) is 0 Å². The highest BCUT2D eigenvalue weighted by Crippen LogP contribution is 2.20. The summed E-state index contributed by atoms with van der Waals surface area (Å²) >= 11 is 0. The van der Waals surface area contributed by atoms with E-state index in [0.717, 1.165) is 11.2 Å². The first-order valence-corrected chi connectivity index (χ1v) is 5.71. The lowest BCUT2D eigenvalue weighted by molar-refractivity contribution is -0.105. The third kappa shape index (κ3) is 2.06. The summed E-state index contributed by atoms with van der Waals surface area (Å²) in [4.78, 5) is 14.5. The van der Waals surface area contributed by atoms with Gasteiger partial charge in [0.25, 0.3) is 0 Å². The largest absolute Gasteiger partial charge is 0.329 e. The lowest BCUT2D eigenvalue weighted by Gasteiger charge is -2.05. The lowest BCUT2D eigenvalue weighted by atomic mass is 10.2. The van der Waals surface area contributed by atoms with Gasteiger partial charge in [-0.3, -0.25) is 9.36 Å². The van der Waals surface area contributed by atoms with Gasteiger partial charge in [-0.15, -0.1) is 0 Å². The predicted octanol–water partition coefficient (Wildman–Crippen LogP) is 2.73. The Morgan fingerprint density at radius 3 is 2.68 bits per heavy atom. The second kappa shape index (κ2) is 4.53. The molecule has 0 bridgehead atoms. The van der Waals surface area contributed by atoms with Crippen LogP contribution in [0, 0.1) is 5.82 Å². The van der Waals surface area contributed by atoms with Crippen LogP contribution in [0.2, 0.25) is 0 Å². The molecule has 0 aliphatic heterocycles. The Morgan fingerprint density at radius 1 is 1.16 bits per heavy atom. The minimum absolute atomic E-state index is 0.303. The molecule has 1 N–H and O–H groups in total. The number of carbonyl (C=O) groups is 1. The second-order valence-electron chi connectivity index (χ2n) is 4.06. The number of nitrogens with one attached hydrogen (secondary N) is 1. The Bertz CT molecular complexity index is 734.